The molecule has 0 aliphatic carbocycles. The molecule has 0 radical (unpaired) electrons. The first kappa shape index (κ1) is 15.0. The Kier molecular flexibility index (Phi) is 4.76. The van der Waals surface area contributed by atoms with E-state index in [4.69, 9.17) is 10.00 Å². The monoisotopic (exact) mass is 294 g/mol. The summed E-state index contributed by atoms with van der Waals surface area (Å²) in [5.74, 6) is 0.0438. The van der Waals surface area contributed by atoms with Gasteiger partial charge in [0.05, 0.1) is 28.4 Å². The van der Waals surface area contributed by atoms with E-state index in [0.29, 0.717) is 12.1 Å². The maximum Gasteiger partial charge on any atom is 0.179 e. The van der Waals surface area contributed by atoms with Crippen LogP contribution in [0.15, 0.2) is 29.2 Å². The summed E-state index contributed by atoms with van der Waals surface area (Å²) < 4.78 is 29.7. The highest BCUT2D eigenvalue weighted by Gasteiger charge is 2.24. The predicted octanol–water partition coefficient (Wildman–Crippen LogP) is 1.10. The summed E-state index contributed by atoms with van der Waals surface area (Å²) >= 11 is 0. The number of sulfone groups is 1. The molecule has 0 saturated carbocycles. The van der Waals surface area contributed by atoms with Gasteiger partial charge < -0.3 is 10.1 Å². The summed E-state index contributed by atoms with van der Waals surface area (Å²) in [4.78, 5) is 0.258. The number of ether oxygens (including phenoxy) is 1. The van der Waals surface area contributed by atoms with Gasteiger partial charge in [-0.3, -0.25) is 0 Å². The number of rotatable bonds is 5. The van der Waals surface area contributed by atoms with Gasteiger partial charge in [0, 0.05) is 19.2 Å². The number of nitrogens with zero attached hydrogens (tertiary/aromatic N) is 1. The Morgan fingerprint density at radius 1 is 1.40 bits per heavy atom. The molecule has 1 heterocycles. The van der Waals surface area contributed by atoms with E-state index < -0.39 is 9.84 Å². The molecule has 1 aliphatic heterocycles. The molecule has 2 atom stereocenters. The molecule has 1 aliphatic rings. The molecule has 1 fully saturated rings. The molecule has 1 aromatic carbocycles. The minimum atomic E-state index is -3.31. The van der Waals surface area contributed by atoms with Crippen molar-refractivity contribution in [3.63, 3.8) is 0 Å². The highest BCUT2D eigenvalue weighted by molar-refractivity contribution is 7.91. The lowest BCUT2D eigenvalue weighted by Crippen LogP contribution is -2.37. The van der Waals surface area contributed by atoms with Crippen LogP contribution >= 0.6 is 0 Å². The van der Waals surface area contributed by atoms with Crippen molar-refractivity contribution in [1.82, 2.24) is 5.32 Å². The Bertz CT molecular complexity index is 590. The van der Waals surface area contributed by atoms with Crippen molar-refractivity contribution in [3.05, 3.63) is 29.8 Å². The van der Waals surface area contributed by atoms with Gasteiger partial charge in [-0.15, -0.1) is 0 Å². The Balaban J connectivity index is 1.91. The topological polar surface area (TPSA) is 79.2 Å². The normalized spacial score (nSPS) is 22.6. The van der Waals surface area contributed by atoms with Crippen LogP contribution in [0.25, 0.3) is 0 Å². The minimum Gasteiger partial charge on any atom is -0.377 e. The van der Waals surface area contributed by atoms with Gasteiger partial charge in [-0.2, -0.15) is 5.26 Å². The summed E-state index contributed by atoms with van der Waals surface area (Å²) in [5.41, 5.74) is 0.457. The molecule has 2 unspecified atom stereocenters. The zero-order valence-corrected chi connectivity index (χ0v) is 12.2. The number of hydrogen-bond acceptors (Lipinski definition) is 5. The molecule has 1 N–H and O–H groups in total. The zero-order valence-electron chi connectivity index (χ0n) is 11.4. The number of benzene rings is 1. The Labute approximate surface area is 119 Å². The molecule has 0 amide bonds. The van der Waals surface area contributed by atoms with Crippen LogP contribution in [0, 0.1) is 11.3 Å². The van der Waals surface area contributed by atoms with Crippen molar-refractivity contribution in [2.45, 2.75) is 30.4 Å². The third-order valence-electron chi connectivity index (χ3n) is 3.50. The Hall–Kier alpha value is -1.42. The van der Waals surface area contributed by atoms with Gasteiger partial charge in [0.25, 0.3) is 0 Å². The summed E-state index contributed by atoms with van der Waals surface area (Å²) in [5, 5.41) is 11.9. The quantitative estimate of drug-likeness (QED) is 0.879. The largest absolute Gasteiger partial charge is 0.377 e. The molecule has 2 rings (SSSR count). The first-order valence-electron chi connectivity index (χ1n) is 6.61. The molecule has 6 heteroatoms. The molecular weight excluding hydrogens is 276 g/mol. The van der Waals surface area contributed by atoms with Gasteiger partial charge in [0.15, 0.2) is 9.84 Å². The standard InChI is InChI=1S/C14H18N2O3S/c1-11-14(6-8-19-11)16-7-9-20(17,18)13-4-2-12(10-15)3-5-13/h2-5,11,14,16H,6-9H2,1H3. The lowest BCUT2D eigenvalue weighted by molar-refractivity contribution is 0.113. The fraction of sp³-hybridized carbons (Fsp3) is 0.500. The van der Waals surface area contributed by atoms with E-state index in [1.54, 1.807) is 0 Å². The maximum atomic E-state index is 12.1. The van der Waals surface area contributed by atoms with E-state index in [9.17, 15) is 8.42 Å². The van der Waals surface area contributed by atoms with Crippen molar-refractivity contribution < 1.29 is 13.2 Å². The number of nitriles is 1. The van der Waals surface area contributed by atoms with E-state index >= 15 is 0 Å². The van der Waals surface area contributed by atoms with Gasteiger partial charge in [0.2, 0.25) is 0 Å². The molecular formula is C14H18N2O3S. The van der Waals surface area contributed by atoms with Crippen LogP contribution in [0.3, 0.4) is 0 Å². The van der Waals surface area contributed by atoms with Gasteiger partial charge in [-0.1, -0.05) is 0 Å². The second-order valence-corrected chi connectivity index (χ2v) is 6.99. The fourth-order valence-electron chi connectivity index (χ4n) is 2.23. The first-order chi connectivity index (χ1) is 9.53. The van der Waals surface area contributed by atoms with Crippen LogP contribution in [0.1, 0.15) is 18.9 Å². The summed E-state index contributed by atoms with van der Waals surface area (Å²) in [6.07, 6.45) is 1.05. The first-order valence-corrected chi connectivity index (χ1v) is 8.26. The average molecular weight is 294 g/mol. The van der Waals surface area contributed by atoms with E-state index in [0.717, 1.165) is 13.0 Å². The molecule has 108 valence electrons. The SMILES string of the molecule is CC1OCCC1NCCS(=O)(=O)c1ccc(C#N)cc1. The molecule has 5 nitrogen and oxygen atoms in total. The highest BCUT2D eigenvalue weighted by Crippen LogP contribution is 2.14. The fourth-order valence-corrected chi connectivity index (χ4v) is 3.41. The van der Waals surface area contributed by atoms with Crippen LogP contribution in [-0.4, -0.2) is 39.5 Å². The van der Waals surface area contributed by atoms with Crippen LogP contribution in [0.2, 0.25) is 0 Å². The number of nitrogens with one attached hydrogen (secondary N) is 1. The zero-order chi connectivity index (χ0) is 14.6. The second-order valence-electron chi connectivity index (χ2n) is 4.88. The molecule has 0 aromatic heterocycles. The lowest BCUT2D eigenvalue weighted by Gasteiger charge is -2.15. The molecule has 20 heavy (non-hydrogen) atoms. The van der Waals surface area contributed by atoms with Crippen LogP contribution in [0.4, 0.5) is 0 Å². The predicted molar refractivity (Wildman–Crippen MR) is 75.0 cm³/mol. The van der Waals surface area contributed by atoms with Crippen molar-refractivity contribution >= 4 is 9.84 Å². The van der Waals surface area contributed by atoms with Gasteiger partial charge in [-0.05, 0) is 37.6 Å². The van der Waals surface area contributed by atoms with E-state index in [2.05, 4.69) is 5.32 Å². The van der Waals surface area contributed by atoms with Gasteiger partial charge in [0.1, 0.15) is 0 Å². The highest BCUT2D eigenvalue weighted by atomic mass is 32.2. The lowest BCUT2D eigenvalue weighted by atomic mass is 10.2. The number of hydrogen-bond donors (Lipinski definition) is 1. The summed E-state index contributed by atoms with van der Waals surface area (Å²) in [7, 11) is -3.31. The molecule has 0 spiro atoms. The van der Waals surface area contributed by atoms with Gasteiger partial charge >= 0.3 is 0 Å². The van der Waals surface area contributed by atoms with E-state index in [-0.39, 0.29) is 22.8 Å². The summed E-state index contributed by atoms with van der Waals surface area (Å²) in [6, 6.07) is 8.20. The third-order valence-corrected chi connectivity index (χ3v) is 5.23. The molecule has 1 saturated heterocycles. The Morgan fingerprint density at radius 3 is 2.65 bits per heavy atom. The molecule has 1 aromatic rings. The van der Waals surface area contributed by atoms with Gasteiger partial charge in [-0.25, -0.2) is 8.42 Å². The average Bonchev–Trinajstić information content (AvgIpc) is 2.84. The van der Waals surface area contributed by atoms with E-state index in [1.165, 1.54) is 24.3 Å². The van der Waals surface area contributed by atoms with E-state index in [1.807, 2.05) is 13.0 Å². The minimum absolute atomic E-state index is 0.0438. The van der Waals surface area contributed by atoms with Crippen molar-refractivity contribution in [3.8, 4) is 6.07 Å². The summed E-state index contributed by atoms with van der Waals surface area (Å²) in [6.45, 7) is 3.11. The second kappa shape index (κ2) is 6.35. The van der Waals surface area contributed by atoms with Crippen molar-refractivity contribution in [2.75, 3.05) is 18.9 Å². The smallest absolute Gasteiger partial charge is 0.179 e. The van der Waals surface area contributed by atoms with Crippen molar-refractivity contribution in [1.29, 1.82) is 5.26 Å². The molecule has 0 bridgehead atoms. The maximum absolute atomic E-state index is 12.1. The van der Waals surface area contributed by atoms with Crippen LogP contribution in [-0.2, 0) is 14.6 Å². The Morgan fingerprint density at radius 2 is 2.10 bits per heavy atom. The van der Waals surface area contributed by atoms with Crippen LogP contribution in [0.5, 0.6) is 0 Å². The van der Waals surface area contributed by atoms with Crippen molar-refractivity contribution in [2.24, 2.45) is 0 Å². The third kappa shape index (κ3) is 3.57. The van der Waals surface area contributed by atoms with Crippen LogP contribution < -0.4 is 5.32 Å².